The number of aromatic nitrogens is 2. The zero-order valence-electron chi connectivity index (χ0n) is 15.0. The van der Waals surface area contributed by atoms with Crippen molar-refractivity contribution in [1.29, 1.82) is 0 Å². The molecule has 2 aromatic rings. The molecule has 1 fully saturated rings. The Morgan fingerprint density at radius 2 is 2.00 bits per heavy atom. The van der Waals surface area contributed by atoms with Crippen LogP contribution in [0.3, 0.4) is 0 Å². The Bertz CT molecular complexity index is 761. The third-order valence-corrected chi connectivity index (χ3v) is 5.03. The van der Waals surface area contributed by atoms with Crippen molar-refractivity contribution in [3.8, 4) is 22.9 Å². The molecule has 0 unspecified atom stereocenters. The molecule has 9 heteroatoms. The quantitative estimate of drug-likeness (QED) is 0.855. The lowest BCUT2D eigenvalue weighted by Crippen LogP contribution is -2.45. The Kier molecular flexibility index (Phi) is 5.87. The SMILES string of the molecule is COc1ccc(-c2noc([C@@H](C)NC(=O)N3CCSCC3)n2)cc1OC. The van der Waals surface area contributed by atoms with Gasteiger partial charge in [0.05, 0.1) is 14.2 Å². The summed E-state index contributed by atoms with van der Waals surface area (Å²) in [5.41, 5.74) is 0.740. The second-order valence-electron chi connectivity index (χ2n) is 5.80. The molecule has 0 spiro atoms. The predicted molar refractivity (Wildman–Crippen MR) is 98.7 cm³/mol. The summed E-state index contributed by atoms with van der Waals surface area (Å²) in [7, 11) is 3.15. The van der Waals surface area contributed by atoms with Crippen LogP contribution in [0.5, 0.6) is 11.5 Å². The predicted octanol–water partition coefficient (Wildman–Crippen LogP) is 2.57. The average Bonchev–Trinajstić information content (AvgIpc) is 3.18. The van der Waals surface area contributed by atoms with Gasteiger partial charge < -0.3 is 24.2 Å². The van der Waals surface area contributed by atoms with Gasteiger partial charge in [-0.25, -0.2) is 4.79 Å². The Morgan fingerprint density at radius 1 is 1.27 bits per heavy atom. The molecule has 0 bridgehead atoms. The van der Waals surface area contributed by atoms with E-state index in [0.29, 0.717) is 23.2 Å². The van der Waals surface area contributed by atoms with Crippen LogP contribution < -0.4 is 14.8 Å². The van der Waals surface area contributed by atoms with E-state index in [-0.39, 0.29) is 12.1 Å². The van der Waals surface area contributed by atoms with Gasteiger partial charge in [-0.3, -0.25) is 0 Å². The average molecular weight is 378 g/mol. The van der Waals surface area contributed by atoms with E-state index in [1.165, 1.54) is 0 Å². The highest BCUT2D eigenvalue weighted by molar-refractivity contribution is 7.99. The molecule has 0 radical (unpaired) electrons. The van der Waals surface area contributed by atoms with Crippen molar-refractivity contribution < 1.29 is 18.8 Å². The first kappa shape index (κ1) is 18.4. The maximum atomic E-state index is 12.3. The smallest absolute Gasteiger partial charge is 0.318 e. The standard InChI is InChI=1S/C17H22N4O4S/c1-11(18-17(22)21-6-8-26-9-7-21)16-19-15(20-25-16)12-4-5-13(23-2)14(10-12)24-3/h4-5,10-11H,6-9H2,1-3H3,(H,18,22)/t11-/m1/s1. The van der Waals surface area contributed by atoms with Gasteiger partial charge in [-0.15, -0.1) is 0 Å². The van der Waals surface area contributed by atoms with Crippen LogP contribution in [-0.4, -0.2) is 59.9 Å². The Morgan fingerprint density at radius 3 is 2.69 bits per heavy atom. The van der Waals surface area contributed by atoms with E-state index in [2.05, 4.69) is 15.5 Å². The summed E-state index contributed by atoms with van der Waals surface area (Å²) in [6.07, 6.45) is 0. The fraction of sp³-hybridized carbons (Fsp3) is 0.471. The number of thioether (sulfide) groups is 1. The summed E-state index contributed by atoms with van der Waals surface area (Å²) >= 11 is 1.86. The van der Waals surface area contributed by atoms with Crippen molar-refractivity contribution in [3.05, 3.63) is 24.1 Å². The van der Waals surface area contributed by atoms with Crippen LogP contribution in [-0.2, 0) is 0 Å². The second kappa shape index (κ2) is 8.31. The molecular weight excluding hydrogens is 356 g/mol. The molecule has 1 aromatic heterocycles. The van der Waals surface area contributed by atoms with Crippen LogP contribution in [0.4, 0.5) is 4.79 Å². The Hall–Kier alpha value is -2.42. The van der Waals surface area contributed by atoms with Gasteiger partial charge in [0.2, 0.25) is 11.7 Å². The van der Waals surface area contributed by atoms with E-state index in [1.807, 2.05) is 24.8 Å². The monoisotopic (exact) mass is 378 g/mol. The van der Waals surface area contributed by atoms with Crippen LogP contribution in [0.1, 0.15) is 18.9 Å². The lowest BCUT2D eigenvalue weighted by Gasteiger charge is -2.27. The number of hydrogen-bond donors (Lipinski definition) is 1. The third kappa shape index (κ3) is 4.04. The van der Waals surface area contributed by atoms with Gasteiger partial charge in [0.1, 0.15) is 6.04 Å². The van der Waals surface area contributed by atoms with Crippen LogP contribution >= 0.6 is 11.8 Å². The molecule has 2 amide bonds. The highest BCUT2D eigenvalue weighted by atomic mass is 32.2. The zero-order chi connectivity index (χ0) is 18.5. The first-order valence-electron chi connectivity index (χ1n) is 8.31. The number of rotatable bonds is 5. The number of urea groups is 1. The lowest BCUT2D eigenvalue weighted by molar-refractivity contribution is 0.196. The molecule has 1 aliphatic rings. The largest absolute Gasteiger partial charge is 0.493 e. The molecule has 1 aromatic carbocycles. The number of nitrogens with one attached hydrogen (secondary N) is 1. The summed E-state index contributed by atoms with van der Waals surface area (Å²) in [4.78, 5) is 18.5. The summed E-state index contributed by atoms with van der Waals surface area (Å²) in [6, 6.07) is 4.90. The van der Waals surface area contributed by atoms with Crippen molar-refractivity contribution in [1.82, 2.24) is 20.4 Å². The van der Waals surface area contributed by atoms with E-state index in [4.69, 9.17) is 14.0 Å². The van der Waals surface area contributed by atoms with Crippen LogP contribution in [0.2, 0.25) is 0 Å². The van der Waals surface area contributed by atoms with Crippen molar-refractivity contribution >= 4 is 17.8 Å². The van der Waals surface area contributed by atoms with Crippen LogP contribution in [0, 0.1) is 0 Å². The molecule has 1 saturated heterocycles. The molecule has 2 heterocycles. The van der Waals surface area contributed by atoms with Gasteiger partial charge in [-0.05, 0) is 25.1 Å². The third-order valence-electron chi connectivity index (χ3n) is 4.09. The summed E-state index contributed by atoms with van der Waals surface area (Å²) in [5, 5.41) is 6.92. The summed E-state index contributed by atoms with van der Waals surface area (Å²) in [5.74, 6) is 3.92. The number of hydrogen-bond acceptors (Lipinski definition) is 7. The summed E-state index contributed by atoms with van der Waals surface area (Å²) < 4.78 is 15.9. The number of nitrogens with zero attached hydrogens (tertiary/aromatic N) is 3. The normalized spacial score (nSPS) is 15.4. The molecule has 1 aliphatic heterocycles. The number of methoxy groups -OCH3 is 2. The van der Waals surface area contributed by atoms with Gasteiger partial charge >= 0.3 is 6.03 Å². The molecule has 1 N–H and O–H groups in total. The highest BCUT2D eigenvalue weighted by Gasteiger charge is 2.22. The van der Waals surface area contributed by atoms with Crippen LogP contribution in [0.25, 0.3) is 11.4 Å². The van der Waals surface area contributed by atoms with Gasteiger partial charge in [-0.1, -0.05) is 5.16 Å². The molecule has 140 valence electrons. The van der Waals surface area contributed by atoms with Gasteiger partial charge in [0, 0.05) is 30.2 Å². The molecule has 26 heavy (non-hydrogen) atoms. The molecule has 3 rings (SSSR count). The van der Waals surface area contributed by atoms with Gasteiger partial charge in [0.25, 0.3) is 0 Å². The van der Waals surface area contributed by atoms with E-state index in [1.54, 1.807) is 31.3 Å². The minimum atomic E-state index is -0.376. The van der Waals surface area contributed by atoms with Crippen molar-refractivity contribution in [2.24, 2.45) is 0 Å². The number of carbonyl (C=O) groups is 1. The van der Waals surface area contributed by atoms with Crippen LogP contribution in [0.15, 0.2) is 22.7 Å². The number of ether oxygens (including phenoxy) is 2. The van der Waals surface area contributed by atoms with E-state index >= 15 is 0 Å². The van der Waals surface area contributed by atoms with Crippen molar-refractivity contribution in [2.75, 3.05) is 38.8 Å². The Balaban J connectivity index is 1.69. The Labute approximate surface area is 156 Å². The maximum Gasteiger partial charge on any atom is 0.318 e. The zero-order valence-corrected chi connectivity index (χ0v) is 15.8. The molecule has 0 saturated carbocycles. The molecule has 8 nitrogen and oxygen atoms in total. The van der Waals surface area contributed by atoms with E-state index < -0.39 is 0 Å². The molecule has 0 aliphatic carbocycles. The second-order valence-corrected chi connectivity index (χ2v) is 7.02. The lowest BCUT2D eigenvalue weighted by atomic mass is 10.2. The topological polar surface area (TPSA) is 89.7 Å². The van der Waals surface area contributed by atoms with Crippen molar-refractivity contribution in [2.45, 2.75) is 13.0 Å². The number of carbonyl (C=O) groups excluding carboxylic acids is 1. The first-order chi connectivity index (χ1) is 12.6. The van der Waals surface area contributed by atoms with Crippen molar-refractivity contribution in [3.63, 3.8) is 0 Å². The minimum absolute atomic E-state index is 0.108. The number of benzene rings is 1. The van der Waals surface area contributed by atoms with E-state index in [0.717, 1.165) is 30.2 Å². The fourth-order valence-electron chi connectivity index (χ4n) is 2.61. The van der Waals surface area contributed by atoms with Gasteiger partial charge in [0.15, 0.2) is 11.5 Å². The number of amides is 2. The van der Waals surface area contributed by atoms with Gasteiger partial charge in [-0.2, -0.15) is 16.7 Å². The highest BCUT2D eigenvalue weighted by Crippen LogP contribution is 2.31. The summed E-state index contributed by atoms with van der Waals surface area (Å²) in [6.45, 7) is 3.33. The fourth-order valence-corrected chi connectivity index (χ4v) is 3.51. The minimum Gasteiger partial charge on any atom is -0.493 e. The van der Waals surface area contributed by atoms with E-state index in [9.17, 15) is 4.79 Å². The maximum absolute atomic E-state index is 12.3. The molecular formula is C17H22N4O4S. The first-order valence-corrected chi connectivity index (χ1v) is 9.47. The molecule has 1 atom stereocenters.